The van der Waals surface area contributed by atoms with E-state index in [0.29, 0.717) is 17.5 Å². The minimum absolute atomic E-state index is 0.330. The molecular weight excluding hydrogens is 1040 g/mol. The summed E-state index contributed by atoms with van der Waals surface area (Å²) in [5, 5.41) is 14.2. The van der Waals surface area contributed by atoms with E-state index in [2.05, 4.69) is 224 Å². The van der Waals surface area contributed by atoms with Gasteiger partial charge in [0, 0.05) is 77.2 Å². The van der Waals surface area contributed by atoms with Gasteiger partial charge < -0.3 is 18.3 Å². The number of aromatic nitrogens is 4. The summed E-state index contributed by atoms with van der Waals surface area (Å²) in [6.45, 7) is 4.80. The molecule has 85 heavy (non-hydrogen) atoms. The lowest BCUT2D eigenvalue weighted by Gasteiger charge is -2.26. The number of hydrogen-bond acceptors (Lipinski definition) is 6. The third-order valence-corrected chi connectivity index (χ3v) is 18.0. The molecule has 0 saturated carbocycles. The van der Waals surface area contributed by atoms with E-state index >= 15 is 0 Å². The summed E-state index contributed by atoms with van der Waals surface area (Å²) in [5.41, 5.74) is 17.2. The molecule has 0 N–H and O–H groups in total. The zero-order chi connectivity index (χ0) is 56.1. The number of furan rings is 2. The molecule has 0 atom stereocenters. The van der Waals surface area contributed by atoms with Crippen LogP contribution in [0.15, 0.2) is 270 Å². The summed E-state index contributed by atoms with van der Waals surface area (Å²) in [4.78, 5) is 17.8. The summed E-state index contributed by atoms with van der Waals surface area (Å²) >= 11 is 0. The molecule has 7 heteroatoms. The molecule has 4 heterocycles. The van der Waals surface area contributed by atoms with Gasteiger partial charge in [-0.1, -0.05) is 172 Å². The van der Waals surface area contributed by atoms with Gasteiger partial charge in [-0.2, -0.15) is 0 Å². The summed E-state index contributed by atoms with van der Waals surface area (Å²) in [7, 11) is 0. The van der Waals surface area contributed by atoms with Crippen LogP contribution in [-0.4, -0.2) is 19.5 Å². The first-order valence-electron chi connectivity index (χ1n) is 29.0. The summed E-state index contributed by atoms with van der Waals surface area (Å²) in [6, 6.07) is 93.5. The molecule has 0 bridgehead atoms. The zero-order valence-corrected chi connectivity index (χ0v) is 46.4. The van der Waals surface area contributed by atoms with Gasteiger partial charge in [0.1, 0.15) is 22.3 Å². The van der Waals surface area contributed by atoms with Crippen molar-refractivity contribution < 1.29 is 8.83 Å². The molecule has 1 aliphatic carbocycles. The molecule has 0 spiro atoms. The van der Waals surface area contributed by atoms with Gasteiger partial charge in [0.05, 0.1) is 11.0 Å². The van der Waals surface area contributed by atoms with Crippen LogP contribution in [0.25, 0.3) is 149 Å². The molecule has 13 aromatic carbocycles. The Morgan fingerprint density at radius 3 is 1.28 bits per heavy atom. The van der Waals surface area contributed by atoms with E-state index in [1.54, 1.807) is 0 Å². The Kier molecular flexibility index (Phi) is 10.0. The van der Waals surface area contributed by atoms with Crippen molar-refractivity contribution in [3.05, 3.63) is 272 Å². The van der Waals surface area contributed by atoms with Crippen molar-refractivity contribution in [3.8, 4) is 51.0 Å². The lowest BCUT2D eigenvalue weighted by molar-refractivity contribution is 0.662. The first-order chi connectivity index (χ1) is 41.9. The second kappa shape index (κ2) is 17.9. The number of para-hydroxylation sites is 2. The first-order valence-corrected chi connectivity index (χ1v) is 29.0. The van der Waals surface area contributed by atoms with Crippen molar-refractivity contribution in [1.29, 1.82) is 0 Å². The minimum atomic E-state index is -0.330. The zero-order valence-electron chi connectivity index (χ0n) is 46.4. The Bertz CT molecular complexity index is 5490. The largest absolute Gasteiger partial charge is 0.456 e. The second-order valence-corrected chi connectivity index (χ2v) is 23.1. The Hall–Kier alpha value is -11.2. The van der Waals surface area contributed by atoms with E-state index in [9.17, 15) is 0 Å². The van der Waals surface area contributed by atoms with Crippen LogP contribution in [0.2, 0.25) is 0 Å². The molecule has 0 amide bonds. The minimum Gasteiger partial charge on any atom is -0.456 e. The maximum absolute atomic E-state index is 6.43. The van der Waals surface area contributed by atoms with Gasteiger partial charge in [-0.15, -0.1) is 0 Å². The van der Waals surface area contributed by atoms with Crippen LogP contribution in [0.5, 0.6) is 0 Å². The predicted molar refractivity (Wildman–Crippen MR) is 350 cm³/mol. The van der Waals surface area contributed by atoms with Gasteiger partial charge in [0.25, 0.3) is 0 Å². The van der Waals surface area contributed by atoms with Crippen molar-refractivity contribution in [2.24, 2.45) is 0 Å². The van der Waals surface area contributed by atoms with Gasteiger partial charge in [-0.3, -0.25) is 0 Å². The number of fused-ring (bicyclic) bond motifs is 18. The highest BCUT2D eigenvalue weighted by atomic mass is 16.3. The number of hydrogen-bond donors (Lipinski definition) is 0. The van der Waals surface area contributed by atoms with Gasteiger partial charge in [-0.25, -0.2) is 15.0 Å². The lowest BCUT2D eigenvalue weighted by atomic mass is 9.81. The monoisotopic (exact) mass is 1090 g/mol. The molecule has 18 rings (SSSR count). The van der Waals surface area contributed by atoms with E-state index < -0.39 is 0 Å². The van der Waals surface area contributed by atoms with Gasteiger partial charge in [0.15, 0.2) is 17.5 Å². The van der Waals surface area contributed by atoms with Crippen molar-refractivity contribution in [2.75, 3.05) is 4.90 Å². The van der Waals surface area contributed by atoms with E-state index in [-0.39, 0.29) is 5.41 Å². The first kappa shape index (κ1) is 47.5. The molecule has 1 aliphatic rings. The van der Waals surface area contributed by atoms with E-state index in [1.807, 2.05) is 60.7 Å². The topological polar surface area (TPSA) is 73.1 Å². The Labute approximate surface area is 487 Å². The highest BCUT2D eigenvalue weighted by Gasteiger charge is 2.37. The lowest BCUT2D eigenvalue weighted by Crippen LogP contribution is -2.15. The van der Waals surface area contributed by atoms with Gasteiger partial charge >= 0.3 is 0 Å². The number of benzene rings is 13. The highest BCUT2D eigenvalue weighted by Crippen LogP contribution is 2.54. The number of nitrogens with zero attached hydrogens (tertiary/aromatic N) is 5. The summed E-state index contributed by atoms with van der Waals surface area (Å²) in [6.07, 6.45) is 0. The Morgan fingerprint density at radius 1 is 0.306 bits per heavy atom. The maximum atomic E-state index is 6.43. The number of anilines is 3. The predicted octanol–water partition coefficient (Wildman–Crippen LogP) is 21.0. The smallest absolute Gasteiger partial charge is 0.164 e. The van der Waals surface area contributed by atoms with Crippen LogP contribution in [0.3, 0.4) is 0 Å². The molecule has 4 aromatic heterocycles. The molecule has 0 fully saturated rings. The van der Waals surface area contributed by atoms with Gasteiger partial charge in [0.2, 0.25) is 0 Å². The van der Waals surface area contributed by atoms with Crippen LogP contribution in [-0.2, 0) is 5.41 Å². The highest BCUT2D eigenvalue weighted by molar-refractivity contribution is 6.26. The standard InChI is InChI=1S/C78H49N5O2/c1-78(2)67-44-60-56-27-12-10-25-54(56)53-24-9-11-26-55(53)59(60)42-61(67)62-43-64-63-39-50(82(51-33-36-73-65(40-51)57-28-13-15-30-71(57)84-73)52-34-37-74-66(41-52)58-29-14-16-31-72(58)85-74)32-35-69(63)83(70(64)45-68(62)78)49-23-17-22-48(38-49)77-80-75(46-18-5-3-6-19-46)79-76(81-77)47-20-7-4-8-21-47/h3-45H,1-2H3. The molecule has 7 nitrogen and oxygen atoms in total. The van der Waals surface area contributed by atoms with Crippen LogP contribution < -0.4 is 4.90 Å². The van der Waals surface area contributed by atoms with Crippen LogP contribution in [0, 0.1) is 0 Å². The molecule has 0 aliphatic heterocycles. The van der Waals surface area contributed by atoms with Crippen LogP contribution >= 0.6 is 0 Å². The Balaban J connectivity index is 0.896. The molecule has 0 saturated heterocycles. The fourth-order valence-corrected chi connectivity index (χ4v) is 13.9. The molecule has 0 radical (unpaired) electrons. The third kappa shape index (κ3) is 7.17. The SMILES string of the molecule is CC1(C)c2cc3c4ccccc4c4ccccc4c3cc2-c2cc3c4cc(N(c5ccc6oc7ccccc7c6c5)c5ccc6oc7ccccc7c6c5)ccc4n(-c4cccc(-c5nc(-c6ccccc6)nc(-c6ccccc6)n5)c4)c3cc21. The van der Waals surface area contributed by atoms with E-state index in [0.717, 1.165) is 105 Å². The number of rotatable bonds is 7. The second-order valence-electron chi connectivity index (χ2n) is 23.1. The third-order valence-electron chi connectivity index (χ3n) is 18.0. The summed E-state index contributed by atoms with van der Waals surface area (Å²) < 4.78 is 15.3. The van der Waals surface area contributed by atoms with Crippen LogP contribution in [0.4, 0.5) is 17.1 Å². The van der Waals surface area contributed by atoms with Crippen LogP contribution in [0.1, 0.15) is 25.0 Å². The average Bonchev–Trinajstić information content (AvgIpc) is 1.77. The molecule has 398 valence electrons. The quantitative estimate of drug-likeness (QED) is 0.148. The van der Waals surface area contributed by atoms with Crippen molar-refractivity contribution in [3.63, 3.8) is 0 Å². The summed E-state index contributed by atoms with van der Waals surface area (Å²) in [5.74, 6) is 1.84. The van der Waals surface area contributed by atoms with Crippen molar-refractivity contribution in [2.45, 2.75) is 19.3 Å². The average molecular weight is 1090 g/mol. The molecule has 0 unspecified atom stereocenters. The fraction of sp³-hybridized carbons (Fsp3) is 0.0385. The Morgan fingerprint density at radius 2 is 0.718 bits per heavy atom. The van der Waals surface area contributed by atoms with Crippen molar-refractivity contribution >= 4 is 115 Å². The van der Waals surface area contributed by atoms with Crippen molar-refractivity contribution in [1.82, 2.24) is 19.5 Å². The van der Waals surface area contributed by atoms with Gasteiger partial charge in [-0.05, 0) is 158 Å². The molecule has 17 aromatic rings. The maximum Gasteiger partial charge on any atom is 0.164 e. The van der Waals surface area contributed by atoms with E-state index in [1.165, 1.54) is 54.6 Å². The molecular formula is C78H49N5O2. The normalized spacial score (nSPS) is 12.9. The fourth-order valence-electron chi connectivity index (χ4n) is 13.9. The van der Waals surface area contributed by atoms with E-state index in [4.69, 9.17) is 23.8 Å².